The van der Waals surface area contributed by atoms with Gasteiger partial charge in [0.1, 0.15) is 4.83 Å². The van der Waals surface area contributed by atoms with Gasteiger partial charge in [-0.3, -0.25) is 14.2 Å². The van der Waals surface area contributed by atoms with Crippen LogP contribution in [0.4, 0.5) is 0 Å². The number of aromatic amines is 1. The Hall–Kier alpha value is -3.16. The van der Waals surface area contributed by atoms with Gasteiger partial charge in [0.25, 0.3) is 5.56 Å². The standard InChI is InChI=1S/C27H23N3O2S2/c1-16-7-6-8-17(13-16)30-26(32)24-19-10-3-5-12-23(19)34-25(24)29-27(30)33-15-22(31)20-14-28-21-11-4-2-9-18(20)21/h2,4,6-9,11,13-14,28H,3,5,10,12,15H2,1H3. The van der Waals surface area contributed by atoms with E-state index in [-0.39, 0.29) is 17.1 Å². The number of nitrogens with one attached hydrogen (secondary N) is 1. The van der Waals surface area contributed by atoms with Crippen LogP contribution in [0.1, 0.15) is 39.2 Å². The quantitative estimate of drug-likeness (QED) is 0.186. The summed E-state index contributed by atoms with van der Waals surface area (Å²) in [4.78, 5) is 37.2. The summed E-state index contributed by atoms with van der Waals surface area (Å²) in [6.07, 6.45) is 5.99. The SMILES string of the molecule is Cc1cccc(-n2c(SCC(=O)c3c[nH]c4ccccc34)nc3sc4c(c3c2=O)CCCC4)c1. The molecule has 0 aliphatic heterocycles. The van der Waals surface area contributed by atoms with Crippen LogP contribution in [0.15, 0.2) is 64.7 Å². The Balaban J connectivity index is 1.44. The number of aryl methyl sites for hydroxylation is 3. The summed E-state index contributed by atoms with van der Waals surface area (Å²) in [5, 5.41) is 2.24. The summed E-state index contributed by atoms with van der Waals surface area (Å²) in [5.74, 6) is 0.217. The molecule has 0 atom stereocenters. The Morgan fingerprint density at radius 3 is 2.88 bits per heavy atom. The zero-order valence-corrected chi connectivity index (χ0v) is 20.4. The van der Waals surface area contributed by atoms with Crippen molar-refractivity contribution in [1.29, 1.82) is 0 Å². The number of H-pyrrole nitrogens is 1. The summed E-state index contributed by atoms with van der Waals surface area (Å²) in [7, 11) is 0. The normalized spacial score (nSPS) is 13.4. The second kappa shape index (κ2) is 8.56. The van der Waals surface area contributed by atoms with Crippen molar-refractivity contribution in [2.75, 3.05) is 5.75 Å². The summed E-state index contributed by atoms with van der Waals surface area (Å²) in [5.41, 5.74) is 4.62. The van der Waals surface area contributed by atoms with Crippen molar-refractivity contribution in [1.82, 2.24) is 14.5 Å². The van der Waals surface area contributed by atoms with Crippen LogP contribution in [-0.2, 0) is 12.8 Å². The number of nitrogens with zero attached hydrogens (tertiary/aromatic N) is 2. The molecule has 0 radical (unpaired) electrons. The van der Waals surface area contributed by atoms with Gasteiger partial charge in [-0.05, 0) is 61.9 Å². The molecule has 5 aromatic rings. The molecule has 0 bridgehead atoms. The first-order chi connectivity index (χ1) is 16.6. The Morgan fingerprint density at radius 2 is 2.00 bits per heavy atom. The molecule has 7 heteroatoms. The van der Waals surface area contributed by atoms with Crippen LogP contribution >= 0.6 is 23.1 Å². The van der Waals surface area contributed by atoms with E-state index in [0.717, 1.165) is 58.1 Å². The van der Waals surface area contributed by atoms with E-state index in [0.29, 0.717) is 10.7 Å². The van der Waals surface area contributed by atoms with Gasteiger partial charge in [0.2, 0.25) is 0 Å². The molecule has 2 aromatic carbocycles. The van der Waals surface area contributed by atoms with Gasteiger partial charge in [-0.1, -0.05) is 42.1 Å². The summed E-state index contributed by atoms with van der Waals surface area (Å²) < 4.78 is 1.70. The number of para-hydroxylation sites is 1. The lowest BCUT2D eigenvalue weighted by Crippen LogP contribution is -2.22. The van der Waals surface area contributed by atoms with Crippen LogP contribution in [0.25, 0.3) is 26.8 Å². The first-order valence-electron chi connectivity index (χ1n) is 11.5. The van der Waals surface area contributed by atoms with Gasteiger partial charge < -0.3 is 4.98 Å². The van der Waals surface area contributed by atoms with Crippen LogP contribution in [0.2, 0.25) is 0 Å². The Labute approximate surface area is 204 Å². The molecule has 0 spiro atoms. The summed E-state index contributed by atoms with van der Waals surface area (Å²) >= 11 is 2.97. The van der Waals surface area contributed by atoms with Gasteiger partial charge in [0.05, 0.1) is 16.8 Å². The number of carbonyl (C=O) groups is 1. The topological polar surface area (TPSA) is 67.8 Å². The van der Waals surface area contributed by atoms with Crippen LogP contribution in [0.5, 0.6) is 0 Å². The molecule has 1 aliphatic carbocycles. The molecule has 0 saturated heterocycles. The smallest absolute Gasteiger partial charge is 0.267 e. The maximum atomic E-state index is 13.9. The van der Waals surface area contributed by atoms with E-state index in [1.54, 1.807) is 22.1 Å². The molecule has 34 heavy (non-hydrogen) atoms. The van der Waals surface area contributed by atoms with E-state index in [2.05, 4.69) is 4.98 Å². The lowest BCUT2D eigenvalue weighted by atomic mass is 9.97. The fourth-order valence-corrected chi connectivity index (χ4v) is 6.99. The number of fused-ring (bicyclic) bond motifs is 4. The number of hydrogen-bond acceptors (Lipinski definition) is 5. The molecular weight excluding hydrogens is 462 g/mol. The van der Waals surface area contributed by atoms with Crippen molar-refractivity contribution in [3.63, 3.8) is 0 Å². The molecule has 0 amide bonds. The van der Waals surface area contributed by atoms with Crippen LogP contribution < -0.4 is 5.56 Å². The molecule has 5 nitrogen and oxygen atoms in total. The number of carbonyl (C=O) groups excluding carboxylic acids is 1. The van der Waals surface area contributed by atoms with Crippen molar-refractivity contribution in [2.45, 2.75) is 37.8 Å². The molecule has 0 fully saturated rings. The highest BCUT2D eigenvalue weighted by atomic mass is 32.2. The van der Waals surface area contributed by atoms with E-state index in [1.165, 1.54) is 22.2 Å². The van der Waals surface area contributed by atoms with Gasteiger partial charge in [-0.2, -0.15) is 0 Å². The molecule has 1 N–H and O–H groups in total. The third-order valence-corrected chi connectivity index (χ3v) is 8.56. The predicted octanol–water partition coefficient (Wildman–Crippen LogP) is 6.09. The minimum Gasteiger partial charge on any atom is -0.360 e. The van der Waals surface area contributed by atoms with Crippen LogP contribution in [0.3, 0.4) is 0 Å². The minimum atomic E-state index is -0.0305. The van der Waals surface area contributed by atoms with E-state index in [9.17, 15) is 9.59 Å². The van der Waals surface area contributed by atoms with E-state index < -0.39 is 0 Å². The molecular formula is C27H23N3O2S2. The third kappa shape index (κ3) is 3.60. The van der Waals surface area contributed by atoms with Gasteiger partial charge >= 0.3 is 0 Å². The fraction of sp³-hybridized carbons (Fsp3) is 0.222. The number of rotatable bonds is 5. The average Bonchev–Trinajstić information content (AvgIpc) is 3.44. The number of thioether (sulfide) groups is 1. The second-order valence-corrected chi connectivity index (χ2v) is 10.8. The van der Waals surface area contributed by atoms with Crippen molar-refractivity contribution < 1.29 is 4.79 Å². The minimum absolute atomic E-state index is 0.0121. The van der Waals surface area contributed by atoms with E-state index in [4.69, 9.17) is 4.98 Å². The molecule has 1 aliphatic rings. The largest absolute Gasteiger partial charge is 0.360 e. The highest BCUT2D eigenvalue weighted by Gasteiger charge is 2.23. The zero-order valence-electron chi connectivity index (χ0n) is 18.8. The number of aromatic nitrogens is 3. The van der Waals surface area contributed by atoms with Crippen LogP contribution in [-0.4, -0.2) is 26.1 Å². The Kier molecular flexibility index (Phi) is 5.38. The molecule has 6 rings (SSSR count). The third-order valence-electron chi connectivity index (χ3n) is 6.44. The maximum absolute atomic E-state index is 13.9. The fourth-order valence-electron chi connectivity index (χ4n) is 4.79. The predicted molar refractivity (Wildman–Crippen MR) is 140 cm³/mol. The summed E-state index contributed by atoms with van der Waals surface area (Å²) in [6.45, 7) is 2.01. The van der Waals surface area contributed by atoms with E-state index >= 15 is 0 Å². The molecule has 3 heterocycles. The number of thiophene rings is 1. The Bertz CT molecular complexity index is 1630. The van der Waals surface area contributed by atoms with Gasteiger partial charge in [-0.15, -0.1) is 11.3 Å². The lowest BCUT2D eigenvalue weighted by molar-refractivity contribution is 0.102. The summed E-state index contributed by atoms with van der Waals surface area (Å²) in [6, 6.07) is 15.7. The monoisotopic (exact) mass is 485 g/mol. The average molecular weight is 486 g/mol. The highest BCUT2D eigenvalue weighted by Crippen LogP contribution is 2.35. The Morgan fingerprint density at radius 1 is 1.15 bits per heavy atom. The number of Topliss-reactive ketones (excluding diaryl/α,β-unsaturated/α-hetero) is 1. The van der Waals surface area contributed by atoms with Crippen molar-refractivity contribution in [3.8, 4) is 5.69 Å². The van der Waals surface area contributed by atoms with Crippen molar-refractivity contribution >= 4 is 50.0 Å². The van der Waals surface area contributed by atoms with Gasteiger partial charge in [0.15, 0.2) is 10.9 Å². The number of hydrogen-bond donors (Lipinski definition) is 1. The molecule has 3 aromatic heterocycles. The molecule has 0 saturated carbocycles. The van der Waals surface area contributed by atoms with Gasteiger partial charge in [-0.25, -0.2) is 4.98 Å². The molecule has 0 unspecified atom stereocenters. The highest BCUT2D eigenvalue weighted by molar-refractivity contribution is 7.99. The van der Waals surface area contributed by atoms with Gasteiger partial charge in [0, 0.05) is 27.5 Å². The lowest BCUT2D eigenvalue weighted by Gasteiger charge is -2.14. The molecule has 170 valence electrons. The van der Waals surface area contributed by atoms with Crippen molar-refractivity contribution in [2.24, 2.45) is 0 Å². The van der Waals surface area contributed by atoms with Crippen LogP contribution in [0, 0.1) is 6.92 Å². The zero-order chi connectivity index (χ0) is 23.2. The second-order valence-electron chi connectivity index (χ2n) is 8.72. The van der Waals surface area contributed by atoms with E-state index in [1.807, 2.05) is 55.5 Å². The first-order valence-corrected chi connectivity index (χ1v) is 13.3. The van der Waals surface area contributed by atoms with Crippen molar-refractivity contribution in [3.05, 3.63) is 86.6 Å². The first kappa shape index (κ1) is 21.4. The maximum Gasteiger partial charge on any atom is 0.267 e. The number of ketones is 1. The number of benzene rings is 2.